The third-order valence-electron chi connectivity index (χ3n) is 20.7. The molecule has 10 heterocycles. The second-order valence-corrected chi connectivity index (χ2v) is 35.6. The smallest absolute Gasteiger partial charge is 0.410 e. The van der Waals surface area contributed by atoms with Crippen molar-refractivity contribution >= 4 is 76.7 Å². The SMILES string of the molecule is CC(C)(C)OC(=O)N(CCCl)CCCl.CC(C)(C)OC(=O)N1CCC(CO)(c2cccnc2)CC1.CC(C)(C)OC(=O)N1CCC(COCCN2CCCC2)(c2cccnc2)CC1.CCOC(=O)C1(c2cccnc2)CCN(C(=O)OC(C)(C)C)CC1.ClCCNCCCl.c1cncc(C2(COCCN3CCCC3)CCNCC2)c1. The standard InChI is InChI=1S/C22H35N3O3.C18H26N2O4.C17H27N3O.C16H24N2O3.C9H17Cl2NO2.C4H9Cl2N/c1-21(2,3)28-20(26)25-13-8-22(9-14-25,19-7-6-10-23-17-19)18-27-16-15-24-11-4-5-12-24;1-5-23-15(21)18(14-7-6-10-19-13-14)8-11-20(12-9-18)16(22)24-17(2,3)4;1-2-11-20(10-1)12-13-21-15-17(5-8-18-9-6-17)16-4-3-7-19-14-16;1-15(2,3)21-14(20)18-9-6-16(12-19,7-10-18)13-5-4-8-17-11-13;1-9(2,3)14-8(13)12(6-4-10)7-5-11;5-1-3-7-4-2-6/h6-7,10,17H,4-5,8-9,11-16,18H2,1-3H3;6-7,10,13H,5,8-9,11-12H2,1-4H3;3-4,7,14,18H,1-2,5-6,8-13,15H2;4-5,8,11,19H,6-7,9-10,12H2,1-3H3;4-7H2,1-3H3;7H,1-4H2. The van der Waals surface area contributed by atoms with Gasteiger partial charge in [0.15, 0.2) is 0 Å². The van der Waals surface area contributed by atoms with Crippen LogP contribution in [0.3, 0.4) is 0 Å². The zero-order valence-corrected chi connectivity index (χ0v) is 74.4. The highest BCUT2D eigenvalue weighted by molar-refractivity contribution is 6.19. The maximum atomic E-state index is 12.6. The van der Waals surface area contributed by atoms with Crippen LogP contribution < -0.4 is 10.6 Å². The topological polar surface area (TPSA) is 265 Å². The summed E-state index contributed by atoms with van der Waals surface area (Å²) in [7, 11) is 0. The highest BCUT2D eigenvalue weighted by Crippen LogP contribution is 2.40. The van der Waals surface area contributed by atoms with Crippen molar-refractivity contribution in [3.63, 3.8) is 0 Å². The Hall–Kier alpha value is -5.97. The maximum Gasteiger partial charge on any atom is 0.410 e. The normalized spacial score (nSPS) is 17.9. The first-order valence-electron chi connectivity index (χ1n) is 41.3. The summed E-state index contributed by atoms with van der Waals surface area (Å²) in [5, 5.41) is 16.3. The van der Waals surface area contributed by atoms with E-state index in [2.05, 4.69) is 52.5 Å². The van der Waals surface area contributed by atoms with Gasteiger partial charge in [-0.15, -0.1) is 46.4 Å². The number of likely N-dealkylation sites (tertiary alicyclic amines) is 5. The molecule has 0 atom stereocenters. The molecule has 4 aromatic rings. The molecule has 25 nitrogen and oxygen atoms in total. The monoisotopic (exact) mass is 1690 g/mol. The third kappa shape index (κ3) is 35.9. The van der Waals surface area contributed by atoms with Gasteiger partial charge in [0.25, 0.3) is 0 Å². The number of alkyl halides is 4. The Morgan fingerprint density at radius 1 is 0.470 bits per heavy atom. The van der Waals surface area contributed by atoms with Crippen LogP contribution in [-0.4, -0.2) is 288 Å². The van der Waals surface area contributed by atoms with Gasteiger partial charge in [-0.1, -0.05) is 24.3 Å². The Morgan fingerprint density at radius 3 is 1.13 bits per heavy atom. The average molecular weight is 1690 g/mol. The molecule has 6 saturated heterocycles. The molecule has 3 N–H and O–H groups in total. The van der Waals surface area contributed by atoms with Crippen LogP contribution in [0.25, 0.3) is 0 Å². The number of ether oxygens (including phenoxy) is 7. The number of piperidine rings is 4. The number of hydrogen-bond donors (Lipinski definition) is 3. The third-order valence-corrected chi connectivity index (χ3v) is 21.5. The number of pyridine rings is 4. The second-order valence-electron chi connectivity index (χ2n) is 34.1. The van der Waals surface area contributed by atoms with Crippen molar-refractivity contribution in [3.8, 4) is 0 Å². The molecule has 10 rings (SSSR count). The molecule has 0 saturated carbocycles. The molecule has 0 spiro atoms. The van der Waals surface area contributed by atoms with Crippen molar-refractivity contribution in [1.82, 2.24) is 60.0 Å². The van der Waals surface area contributed by atoms with E-state index in [4.69, 9.17) is 79.6 Å². The molecule has 6 fully saturated rings. The molecule has 0 aromatic carbocycles. The number of hydrogen-bond acceptors (Lipinski definition) is 21. The number of carbonyl (C=O) groups is 5. The number of nitrogens with zero attached hydrogens (tertiary/aromatic N) is 10. The highest BCUT2D eigenvalue weighted by Gasteiger charge is 2.47. The van der Waals surface area contributed by atoms with Crippen LogP contribution in [0, 0.1) is 0 Å². The number of aliphatic hydroxyl groups excluding tert-OH is 1. The van der Waals surface area contributed by atoms with Crippen molar-refractivity contribution in [2.45, 2.75) is 211 Å². The minimum Gasteiger partial charge on any atom is -0.465 e. The van der Waals surface area contributed by atoms with Crippen LogP contribution in [0.5, 0.6) is 0 Å². The number of halogens is 4. The predicted octanol–water partition coefficient (Wildman–Crippen LogP) is 14.3. The molecular weight excluding hydrogens is 1550 g/mol. The van der Waals surface area contributed by atoms with E-state index in [1.807, 2.05) is 143 Å². The lowest BCUT2D eigenvalue weighted by molar-refractivity contribution is -0.152. The van der Waals surface area contributed by atoms with Gasteiger partial charge in [-0.2, -0.15) is 0 Å². The van der Waals surface area contributed by atoms with E-state index >= 15 is 0 Å². The average Bonchev–Trinajstić information content (AvgIpc) is 1.37. The number of aromatic nitrogens is 4. The van der Waals surface area contributed by atoms with Crippen LogP contribution in [0.4, 0.5) is 19.2 Å². The van der Waals surface area contributed by atoms with Gasteiger partial charge in [-0.25, -0.2) is 19.2 Å². The van der Waals surface area contributed by atoms with Crippen molar-refractivity contribution < 1.29 is 62.2 Å². The molecule has 648 valence electrons. The highest BCUT2D eigenvalue weighted by atomic mass is 35.5. The molecule has 4 aromatic heterocycles. The summed E-state index contributed by atoms with van der Waals surface area (Å²) in [6.07, 6.45) is 25.1. The van der Waals surface area contributed by atoms with E-state index in [9.17, 15) is 29.1 Å². The molecule has 0 unspecified atom stereocenters. The molecule has 4 amide bonds. The molecule has 29 heteroatoms. The van der Waals surface area contributed by atoms with Crippen LogP contribution in [-0.2, 0) is 59.6 Å². The number of nitrogens with one attached hydrogen (secondary N) is 2. The molecule has 0 bridgehead atoms. The Kier molecular flexibility index (Phi) is 44.0. The van der Waals surface area contributed by atoms with Crippen molar-refractivity contribution in [1.29, 1.82) is 0 Å². The van der Waals surface area contributed by atoms with Crippen molar-refractivity contribution in [2.75, 3.05) is 181 Å². The van der Waals surface area contributed by atoms with E-state index in [1.165, 1.54) is 67.9 Å². The summed E-state index contributed by atoms with van der Waals surface area (Å²) in [6.45, 7) is 42.8. The lowest BCUT2D eigenvalue weighted by Gasteiger charge is -2.42. The number of esters is 1. The van der Waals surface area contributed by atoms with Gasteiger partial charge in [0.2, 0.25) is 0 Å². The van der Waals surface area contributed by atoms with E-state index in [-0.39, 0.29) is 53.2 Å². The molecular formula is C86H138Cl4N12O13. The predicted molar refractivity (Wildman–Crippen MR) is 457 cm³/mol. The summed E-state index contributed by atoms with van der Waals surface area (Å²) >= 11 is 21.8. The zero-order valence-electron chi connectivity index (χ0n) is 71.4. The van der Waals surface area contributed by atoms with Gasteiger partial charge < -0.3 is 78.3 Å². The van der Waals surface area contributed by atoms with E-state index in [0.717, 1.165) is 95.9 Å². The summed E-state index contributed by atoms with van der Waals surface area (Å²) in [5.74, 6) is 1.85. The lowest BCUT2D eigenvalue weighted by atomic mass is 9.73. The fourth-order valence-corrected chi connectivity index (χ4v) is 15.0. The quantitative estimate of drug-likeness (QED) is 0.0241. The van der Waals surface area contributed by atoms with Gasteiger partial charge in [0.05, 0.1) is 45.1 Å². The zero-order chi connectivity index (χ0) is 84.5. The van der Waals surface area contributed by atoms with Gasteiger partial charge in [0.1, 0.15) is 22.4 Å². The fourth-order valence-electron chi connectivity index (χ4n) is 14.3. The second kappa shape index (κ2) is 50.8. The molecule has 0 radical (unpaired) electrons. The summed E-state index contributed by atoms with van der Waals surface area (Å²) in [6, 6.07) is 16.0. The first kappa shape index (κ1) is 99.6. The number of amides is 4. The van der Waals surface area contributed by atoms with E-state index in [0.29, 0.717) is 115 Å². The van der Waals surface area contributed by atoms with Gasteiger partial charge in [-0.05, 0) is 253 Å². The van der Waals surface area contributed by atoms with Crippen LogP contribution in [0.15, 0.2) is 98.1 Å². The largest absolute Gasteiger partial charge is 0.465 e. The van der Waals surface area contributed by atoms with Crippen LogP contribution in [0.2, 0.25) is 0 Å². The molecule has 6 aliphatic heterocycles. The summed E-state index contributed by atoms with van der Waals surface area (Å²) in [4.78, 5) is 89.5. The molecule has 115 heavy (non-hydrogen) atoms. The van der Waals surface area contributed by atoms with Gasteiger partial charge in [-0.3, -0.25) is 24.7 Å². The first-order valence-corrected chi connectivity index (χ1v) is 43.4. The maximum absolute atomic E-state index is 12.6. The molecule has 6 aliphatic rings. The first-order chi connectivity index (χ1) is 54.7. The molecule has 0 aliphatic carbocycles. The van der Waals surface area contributed by atoms with E-state index < -0.39 is 27.8 Å². The van der Waals surface area contributed by atoms with Crippen LogP contribution >= 0.6 is 46.4 Å². The van der Waals surface area contributed by atoms with Crippen molar-refractivity contribution in [3.05, 3.63) is 120 Å². The minimum atomic E-state index is -0.747. The summed E-state index contributed by atoms with van der Waals surface area (Å²) < 4.78 is 39.1. The number of carbonyl (C=O) groups excluding carboxylic acids is 5. The Balaban J connectivity index is 0.000000254. The Bertz CT molecular complexity index is 3330. The Morgan fingerprint density at radius 2 is 0.809 bits per heavy atom. The number of rotatable bonds is 25. The lowest BCUT2D eigenvalue weighted by Crippen LogP contribution is -2.50. The Labute approximate surface area is 707 Å². The van der Waals surface area contributed by atoms with Gasteiger partial charge >= 0.3 is 30.3 Å². The van der Waals surface area contributed by atoms with Crippen molar-refractivity contribution in [2.24, 2.45) is 0 Å². The van der Waals surface area contributed by atoms with Crippen LogP contribution in [0.1, 0.15) is 189 Å². The fraction of sp³-hybridized carbons (Fsp3) is 0.709. The summed E-state index contributed by atoms with van der Waals surface area (Å²) in [5.41, 5.74) is 1.50. The van der Waals surface area contributed by atoms with E-state index in [1.54, 1.807) is 47.7 Å². The van der Waals surface area contributed by atoms with Gasteiger partial charge in [0, 0.05) is 168 Å². The number of aliphatic hydroxyl groups is 1. The minimum absolute atomic E-state index is 0.0703.